The van der Waals surface area contributed by atoms with Crippen LogP contribution in [0, 0.1) is 5.92 Å². The van der Waals surface area contributed by atoms with Gasteiger partial charge in [0.2, 0.25) is 0 Å². The third-order valence-electron chi connectivity index (χ3n) is 3.06. The van der Waals surface area contributed by atoms with Gasteiger partial charge in [-0.15, -0.1) is 0 Å². The maximum atomic E-state index is 11.4. The van der Waals surface area contributed by atoms with Crippen molar-refractivity contribution >= 4 is 12.0 Å². The van der Waals surface area contributed by atoms with E-state index in [0.717, 1.165) is 12.8 Å². The second-order valence-electron chi connectivity index (χ2n) is 4.43. The van der Waals surface area contributed by atoms with Crippen molar-refractivity contribution in [2.24, 2.45) is 5.92 Å². The molecule has 17 heavy (non-hydrogen) atoms. The second kappa shape index (κ2) is 7.11. The molecule has 1 fully saturated rings. The quantitative estimate of drug-likeness (QED) is 0.559. The molecule has 1 aliphatic carbocycles. The van der Waals surface area contributed by atoms with Gasteiger partial charge in [-0.2, -0.15) is 0 Å². The van der Waals surface area contributed by atoms with Crippen molar-refractivity contribution in [2.45, 2.75) is 38.1 Å². The van der Waals surface area contributed by atoms with Crippen LogP contribution >= 0.6 is 0 Å². The normalized spacial score (nSPS) is 18.4. The zero-order valence-electron chi connectivity index (χ0n) is 9.82. The van der Waals surface area contributed by atoms with E-state index < -0.39 is 24.6 Å². The van der Waals surface area contributed by atoms with Crippen LogP contribution in [0.15, 0.2) is 0 Å². The van der Waals surface area contributed by atoms with E-state index in [1.165, 1.54) is 19.3 Å². The molecule has 4 N–H and O–H groups in total. The smallest absolute Gasteiger partial charge is 0.328 e. The Morgan fingerprint density at radius 2 is 1.88 bits per heavy atom. The third-order valence-corrected chi connectivity index (χ3v) is 3.06. The fraction of sp³-hybridized carbons (Fsp3) is 0.818. The first kappa shape index (κ1) is 13.8. The van der Waals surface area contributed by atoms with Gasteiger partial charge in [-0.3, -0.25) is 0 Å². The zero-order chi connectivity index (χ0) is 12.7. The fourth-order valence-electron chi connectivity index (χ4n) is 2.02. The maximum Gasteiger partial charge on any atom is 0.328 e. The number of carboxylic acid groups (broad SMARTS) is 1. The predicted octanol–water partition coefficient (Wildman–Crippen LogP) is 0.311. The molecule has 1 aliphatic rings. The van der Waals surface area contributed by atoms with Gasteiger partial charge in [0.1, 0.15) is 0 Å². The third kappa shape index (κ3) is 5.04. The van der Waals surface area contributed by atoms with Crippen LogP contribution < -0.4 is 10.6 Å². The topological polar surface area (TPSA) is 98.7 Å². The number of hydrogen-bond donors (Lipinski definition) is 4. The molecule has 0 aromatic carbocycles. The largest absolute Gasteiger partial charge is 0.480 e. The molecule has 0 aromatic rings. The van der Waals surface area contributed by atoms with Crippen molar-refractivity contribution in [2.75, 3.05) is 13.2 Å². The van der Waals surface area contributed by atoms with Crippen molar-refractivity contribution < 1.29 is 19.8 Å². The highest BCUT2D eigenvalue weighted by atomic mass is 16.4. The minimum Gasteiger partial charge on any atom is -0.480 e. The molecule has 0 heterocycles. The number of hydrogen-bond acceptors (Lipinski definition) is 3. The lowest BCUT2D eigenvalue weighted by Crippen LogP contribution is -2.48. The van der Waals surface area contributed by atoms with Gasteiger partial charge >= 0.3 is 12.0 Å². The number of amides is 2. The second-order valence-corrected chi connectivity index (χ2v) is 4.43. The summed E-state index contributed by atoms with van der Waals surface area (Å²) in [5, 5.41) is 22.2. The molecule has 98 valence electrons. The molecule has 0 bridgehead atoms. The van der Waals surface area contributed by atoms with E-state index in [4.69, 9.17) is 10.2 Å². The Morgan fingerprint density at radius 1 is 1.24 bits per heavy atom. The molecule has 0 radical (unpaired) electrons. The number of rotatable bonds is 5. The summed E-state index contributed by atoms with van der Waals surface area (Å²) >= 11 is 0. The van der Waals surface area contributed by atoms with Gasteiger partial charge in [-0.25, -0.2) is 9.59 Å². The molecule has 6 nitrogen and oxygen atoms in total. The lowest BCUT2D eigenvalue weighted by Gasteiger charge is -2.22. The highest BCUT2D eigenvalue weighted by Crippen LogP contribution is 2.22. The average Bonchev–Trinajstić information content (AvgIpc) is 2.34. The molecule has 0 saturated heterocycles. The van der Waals surface area contributed by atoms with E-state index in [1.54, 1.807) is 0 Å². The van der Waals surface area contributed by atoms with Crippen molar-refractivity contribution in [1.29, 1.82) is 0 Å². The summed E-state index contributed by atoms with van der Waals surface area (Å²) in [6.07, 6.45) is 5.88. The minimum atomic E-state index is -1.24. The van der Waals surface area contributed by atoms with Crippen molar-refractivity contribution in [3.63, 3.8) is 0 Å². The molecule has 0 unspecified atom stereocenters. The van der Waals surface area contributed by atoms with Crippen LogP contribution in [0.25, 0.3) is 0 Å². The predicted molar refractivity (Wildman–Crippen MR) is 61.6 cm³/mol. The minimum absolute atomic E-state index is 0.493. The first-order chi connectivity index (χ1) is 8.13. The summed E-state index contributed by atoms with van der Waals surface area (Å²) in [6, 6.07) is -1.77. The van der Waals surface area contributed by atoms with Crippen LogP contribution in [0.5, 0.6) is 0 Å². The van der Waals surface area contributed by atoms with Gasteiger partial charge < -0.3 is 20.8 Å². The maximum absolute atomic E-state index is 11.4. The summed E-state index contributed by atoms with van der Waals surface area (Å²) in [5.41, 5.74) is 0. The molecule has 2 amide bonds. The molecule has 1 saturated carbocycles. The fourth-order valence-corrected chi connectivity index (χ4v) is 2.02. The van der Waals surface area contributed by atoms with Crippen molar-refractivity contribution in [3.8, 4) is 0 Å². The lowest BCUT2D eigenvalue weighted by molar-refractivity contribution is -0.140. The van der Waals surface area contributed by atoms with Crippen LogP contribution in [0.2, 0.25) is 0 Å². The number of aliphatic hydroxyl groups excluding tert-OH is 1. The van der Waals surface area contributed by atoms with Crippen LogP contribution in [-0.2, 0) is 4.79 Å². The number of nitrogens with one attached hydrogen (secondary N) is 2. The van der Waals surface area contributed by atoms with Gasteiger partial charge in [0, 0.05) is 6.54 Å². The first-order valence-corrected chi connectivity index (χ1v) is 6.01. The Labute approximate surface area is 100 Å². The Kier molecular flexibility index (Phi) is 5.76. The lowest BCUT2D eigenvalue weighted by atomic mass is 9.89. The number of aliphatic hydroxyl groups is 1. The van der Waals surface area contributed by atoms with Gasteiger partial charge in [0.25, 0.3) is 0 Å². The summed E-state index contributed by atoms with van der Waals surface area (Å²) in [5.74, 6) is -0.743. The summed E-state index contributed by atoms with van der Waals surface area (Å²) < 4.78 is 0. The average molecular weight is 244 g/mol. The highest BCUT2D eigenvalue weighted by molar-refractivity contribution is 5.82. The summed E-state index contributed by atoms with van der Waals surface area (Å²) in [4.78, 5) is 21.9. The Morgan fingerprint density at radius 3 is 2.41 bits per heavy atom. The number of carbonyl (C=O) groups is 2. The van der Waals surface area contributed by atoms with Gasteiger partial charge in [0.15, 0.2) is 6.04 Å². The molecular weight excluding hydrogens is 224 g/mol. The van der Waals surface area contributed by atoms with Gasteiger partial charge in [-0.05, 0) is 18.8 Å². The SMILES string of the molecule is O=C(NCC1CCCCC1)N[C@H](CO)C(=O)O. The van der Waals surface area contributed by atoms with E-state index in [2.05, 4.69) is 10.6 Å². The summed E-state index contributed by atoms with van der Waals surface area (Å²) in [7, 11) is 0. The van der Waals surface area contributed by atoms with E-state index in [0.29, 0.717) is 12.5 Å². The van der Waals surface area contributed by atoms with Crippen LogP contribution in [-0.4, -0.2) is 41.4 Å². The number of aliphatic carboxylic acids is 1. The van der Waals surface area contributed by atoms with Crippen LogP contribution in [0.3, 0.4) is 0 Å². The standard InChI is InChI=1S/C11H20N2O4/c14-7-9(10(15)16)13-11(17)12-6-8-4-2-1-3-5-8/h8-9,14H,1-7H2,(H,15,16)(H2,12,13,17)/t9-/m1/s1. The molecular formula is C11H20N2O4. The van der Waals surface area contributed by atoms with Crippen LogP contribution in [0.1, 0.15) is 32.1 Å². The number of carboxylic acids is 1. The molecule has 0 aromatic heterocycles. The Bertz CT molecular complexity index is 264. The van der Waals surface area contributed by atoms with E-state index in [-0.39, 0.29) is 0 Å². The molecule has 1 atom stereocenters. The Hall–Kier alpha value is -1.30. The number of urea groups is 1. The van der Waals surface area contributed by atoms with Gasteiger partial charge in [-0.1, -0.05) is 19.3 Å². The van der Waals surface area contributed by atoms with E-state index >= 15 is 0 Å². The van der Waals surface area contributed by atoms with E-state index in [9.17, 15) is 9.59 Å². The van der Waals surface area contributed by atoms with Crippen molar-refractivity contribution in [3.05, 3.63) is 0 Å². The summed E-state index contributed by atoms with van der Waals surface area (Å²) in [6.45, 7) is -0.0320. The molecule has 1 rings (SSSR count). The molecule has 6 heteroatoms. The van der Waals surface area contributed by atoms with E-state index in [1.807, 2.05) is 0 Å². The number of carbonyl (C=O) groups excluding carboxylic acids is 1. The Balaban J connectivity index is 2.21. The highest BCUT2D eigenvalue weighted by Gasteiger charge is 2.19. The van der Waals surface area contributed by atoms with Gasteiger partial charge in [0.05, 0.1) is 6.61 Å². The van der Waals surface area contributed by atoms with Crippen LogP contribution in [0.4, 0.5) is 4.79 Å². The monoisotopic (exact) mass is 244 g/mol. The molecule has 0 spiro atoms. The zero-order valence-corrected chi connectivity index (χ0v) is 9.82. The first-order valence-electron chi connectivity index (χ1n) is 6.01. The van der Waals surface area contributed by atoms with Crippen molar-refractivity contribution in [1.82, 2.24) is 10.6 Å². The molecule has 0 aliphatic heterocycles.